The molecule has 156 valence electrons. The summed E-state index contributed by atoms with van der Waals surface area (Å²) in [6.07, 6.45) is 2.35. The molecule has 2 saturated heterocycles. The van der Waals surface area contributed by atoms with Gasteiger partial charge in [-0.1, -0.05) is 40.9 Å². The van der Waals surface area contributed by atoms with Crippen LogP contribution < -0.4 is 15.0 Å². The lowest BCUT2D eigenvalue weighted by molar-refractivity contribution is 0.220. The fourth-order valence-electron chi connectivity index (χ4n) is 4.22. The van der Waals surface area contributed by atoms with E-state index >= 15 is 0 Å². The van der Waals surface area contributed by atoms with Gasteiger partial charge in [-0.25, -0.2) is 4.98 Å². The first kappa shape index (κ1) is 21.0. The quantitative estimate of drug-likeness (QED) is 0.608. The molecular weight excluding hydrogens is 429 g/mol. The van der Waals surface area contributed by atoms with Gasteiger partial charge in [-0.2, -0.15) is 0 Å². The van der Waals surface area contributed by atoms with Crippen LogP contribution in [0.1, 0.15) is 37.1 Å². The molecule has 0 bridgehead atoms. The Labute approximate surface area is 187 Å². The van der Waals surface area contributed by atoms with Crippen LogP contribution in [0.3, 0.4) is 0 Å². The van der Waals surface area contributed by atoms with Gasteiger partial charge in [-0.15, -0.1) is 0 Å². The van der Waals surface area contributed by atoms with Crippen LogP contribution in [0.2, 0.25) is 15.1 Å². The second-order valence-corrected chi connectivity index (χ2v) is 9.30. The molecule has 0 amide bonds. The number of ether oxygens (including phenoxy) is 1. The summed E-state index contributed by atoms with van der Waals surface area (Å²) in [5, 5.41) is 5.25. The maximum Gasteiger partial charge on any atom is 0.144 e. The van der Waals surface area contributed by atoms with Crippen LogP contribution in [0.15, 0.2) is 24.3 Å². The minimum absolute atomic E-state index is 0.260. The van der Waals surface area contributed by atoms with Crippen molar-refractivity contribution in [3.63, 3.8) is 0 Å². The number of anilines is 1. The second-order valence-electron chi connectivity index (χ2n) is 8.08. The largest absolute Gasteiger partial charge is 0.484 e. The van der Waals surface area contributed by atoms with Crippen molar-refractivity contribution >= 4 is 40.6 Å². The normalized spacial score (nSPS) is 21.0. The fourth-order valence-corrected chi connectivity index (χ4v) is 4.93. The van der Waals surface area contributed by atoms with E-state index in [-0.39, 0.29) is 6.10 Å². The maximum absolute atomic E-state index is 6.51. The number of halogens is 3. The Kier molecular flexibility index (Phi) is 6.45. The van der Waals surface area contributed by atoms with Crippen molar-refractivity contribution in [3.8, 4) is 5.75 Å². The van der Waals surface area contributed by atoms with Gasteiger partial charge >= 0.3 is 0 Å². The molecular formula is C22H26Cl3N3O. The van der Waals surface area contributed by atoms with Gasteiger partial charge in [0.2, 0.25) is 0 Å². The molecule has 7 heteroatoms. The van der Waals surface area contributed by atoms with Crippen LogP contribution in [0, 0.1) is 18.8 Å². The molecule has 0 radical (unpaired) electrons. The van der Waals surface area contributed by atoms with Crippen molar-refractivity contribution in [3.05, 3.63) is 50.6 Å². The van der Waals surface area contributed by atoms with Gasteiger partial charge < -0.3 is 15.0 Å². The van der Waals surface area contributed by atoms with Crippen LogP contribution in [-0.4, -0.2) is 31.2 Å². The van der Waals surface area contributed by atoms with Gasteiger partial charge in [0.15, 0.2) is 0 Å². The minimum Gasteiger partial charge on any atom is -0.484 e. The Hall–Kier alpha value is -1.20. The van der Waals surface area contributed by atoms with Crippen molar-refractivity contribution in [1.82, 2.24) is 10.3 Å². The van der Waals surface area contributed by atoms with Crippen LogP contribution in [0.4, 0.5) is 5.82 Å². The number of nitrogens with zero attached hydrogens (tertiary/aromatic N) is 2. The summed E-state index contributed by atoms with van der Waals surface area (Å²) in [6.45, 7) is 8.25. The van der Waals surface area contributed by atoms with E-state index < -0.39 is 0 Å². The third kappa shape index (κ3) is 4.61. The van der Waals surface area contributed by atoms with Gasteiger partial charge in [0.25, 0.3) is 0 Å². The molecule has 0 aliphatic carbocycles. The van der Waals surface area contributed by atoms with Gasteiger partial charge in [0.1, 0.15) is 22.7 Å². The smallest absolute Gasteiger partial charge is 0.144 e. The number of rotatable bonds is 5. The van der Waals surface area contributed by atoms with E-state index in [1.165, 1.54) is 12.8 Å². The van der Waals surface area contributed by atoms with Crippen molar-refractivity contribution in [2.45, 2.75) is 32.8 Å². The van der Waals surface area contributed by atoms with Crippen molar-refractivity contribution in [2.24, 2.45) is 11.8 Å². The zero-order valence-electron chi connectivity index (χ0n) is 16.7. The lowest BCUT2D eigenvalue weighted by Gasteiger charge is -2.45. The molecule has 2 fully saturated rings. The maximum atomic E-state index is 6.51. The number of aryl methyl sites for hydroxylation is 1. The highest BCUT2D eigenvalue weighted by Gasteiger charge is 2.35. The Bertz CT molecular complexity index is 880. The molecule has 29 heavy (non-hydrogen) atoms. The third-order valence-corrected chi connectivity index (χ3v) is 7.04. The van der Waals surface area contributed by atoms with E-state index in [0.717, 1.165) is 55.1 Å². The predicted octanol–water partition coefficient (Wildman–Crippen LogP) is 5.93. The van der Waals surface area contributed by atoms with Crippen molar-refractivity contribution < 1.29 is 4.74 Å². The molecule has 4 rings (SSSR count). The molecule has 2 aliphatic rings. The summed E-state index contributed by atoms with van der Waals surface area (Å²) in [5.41, 5.74) is 1.65. The molecule has 2 aromatic rings. The summed E-state index contributed by atoms with van der Waals surface area (Å²) >= 11 is 18.9. The van der Waals surface area contributed by atoms with Crippen LogP contribution >= 0.6 is 34.8 Å². The number of aromatic nitrogens is 1. The standard InChI is InChI=1S/C22H26Cl3N3O/c1-13-22(25)20(29-14(2)18-6-5-17(23)8-19(18)24)9-21(27-13)28-11-16(12-28)15-4-3-7-26-10-15/h5-6,8-9,14-16,26H,3-4,7,10-12H2,1-2H3/t14?,15-/m0/s1. The molecule has 3 heterocycles. The molecule has 1 unspecified atom stereocenters. The van der Waals surface area contributed by atoms with E-state index in [1.54, 1.807) is 6.07 Å². The Morgan fingerprint density at radius 3 is 2.66 bits per heavy atom. The first-order valence-electron chi connectivity index (χ1n) is 10.2. The Morgan fingerprint density at radius 2 is 1.97 bits per heavy atom. The van der Waals surface area contributed by atoms with Crippen LogP contribution in [0.25, 0.3) is 0 Å². The number of nitrogens with one attached hydrogen (secondary N) is 1. The topological polar surface area (TPSA) is 37.4 Å². The molecule has 2 aliphatic heterocycles. The Balaban J connectivity index is 1.47. The lowest BCUT2D eigenvalue weighted by atomic mass is 9.81. The summed E-state index contributed by atoms with van der Waals surface area (Å²) in [5.74, 6) is 3.07. The highest BCUT2D eigenvalue weighted by atomic mass is 35.5. The molecule has 0 spiro atoms. The van der Waals surface area contributed by atoms with Crippen LogP contribution in [0.5, 0.6) is 5.75 Å². The molecule has 1 N–H and O–H groups in total. The van der Waals surface area contributed by atoms with E-state index in [9.17, 15) is 0 Å². The second kappa shape index (κ2) is 8.89. The highest BCUT2D eigenvalue weighted by Crippen LogP contribution is 2.38. The minimum atomic E-state index is -0.260. The van der Waals surface area contributed by atoms with Gasteiger partial charge in [0, 0.05) is 34.8 Å². The molecule has 0 saturated carbocycles. The Morgan fingerprint density at radius 1 is 1.17 bits per heavy atom. The van der Waals surface area contributed by atoms with Crippen LogP contribution in [-0.2, 0) is 0 Å². The summed E-state index contributed by atoms with van der Waals surface area (Å²) in [6, 6.07) is 7.37. The first-order chi connectivity index (χ1) is 13.9. The molecule has 2 atom stereocenters. The average Bonchev–Trinajstić information content (AvgIpc) is 2.65. The predicted molar refractivity (Wildman–Crippen MR) is 121 cm³/mol. The monoisotopic (exact) mass is 453 g/mol. The average molecular weight is 455 g/mol. The summed E-state index contributed by atoms with van der Waals surface area (Å²) < 4.78 is 6.20. The molecule has 1 aromatic carbocycles. The summed E-state index contributed by atoms with van der Waals surface area (Å²) in [7, 11) is 0. The third-order valence-electron chi connectivity index (χ3n) is 6.02. The summed E-state index contributed by atoms with van der Waals surface area (Å²) in [4.78, 5) is 7.01. The van der Waals surface area contributed by atoms with E-state index in [0.29, 0.717) is 20.8 Å². The number of hydrogen-bond acceptors (Lipinski definition) is 4. The highest BCUT2D eigenvalue weighted by molar-refractivity contribution is 6.35. The number of piperidine rings is 1. The van der Waals surface area contributed by atoms with E-state index in [4.69, 9.17) is 44.5 Å². The fraction of sp³-hybridized carbons (Fsp3) is 0.500. The molecule has 4 nitrogen and oxygen atoms in total. The zero-order chi connectivity index (χ0) is 20.5. The van der Waals surface area contributed by atoms with Crippen molar-refractivity contribution in [1.29, 1.82) is 0 Å². The van der Waals surface area contributed by atoms with Crippen molar-refractivity contribution in [2.75, 3.05) is 31.1 Å². The zero-order valence-corrected chi connectivity index (χ0v) is 19.0. The molecule has 1 aromatic heterocycles. The number of pyridine rings is 1. The first-order valence-corrected chi connectivity index (χ1v) is 11.3. The van der Waals surface area contributed by atoms with Gasteiger partial charge in [-0.3, -0.25) is 0 Å². The van der Waals surface area contributed by atoms with E-state index in [1.807, 2.05) is 32.0 Å². The van der Waals surface area contributed by atoms with Gasteiger partial charge in [-0.05, 0) is 63.7 Å². The number of benzene rings is 1. The lowest BCUT2D eigenvalue weighted by Crippen LogP contribution is -2.53. The van der Waals surface area contributed by atoms with E-state index in [2.05, 4.69) is 10.2 Å². The SMILES string of the molecule is Cc1nc(N2CC([C@H]3CCCNC3)C2)cc(OC(C)c2ccc(Cl)cc2Cl)c1Cl. The number of hydrogen-bond donors (Lipinski definition) is 1. The van der Waals surface area contributed by atoms with Gasteiger partial charge in [0.05, 0.1) is 5.69 Å².